The molecule has 1 saturated heterocycles. The van der Waals surface area contributed by atoms with E-state index in [2.05, 4.69) is 19.2 Å². The van der Waals surface area contributed by atoms with E-state index in [1.54, 1.807) is 0 Å². The quantitative estimate of drug-likeness (QED) is 0.856. The van der Waals surface area contributed by atoms with Crippen molar-refractivity contribution in [3.8, 4) is 0 Å². The highest BCUT2D eigenvalue weighted by atomic mass is 32.2. The molecule has 2 atom stereocenters. The summed E-state index contributed by atoms with van der Waals surface area (Å²) in [4.78, 5) is 12.7. The number of sulfonamides is 1. The number of hydrogen-bond donors (Lipinski definition) is 1. The molecule has 1 amide bonds. The van der Waals surface area contributed by atoms with Crippen LogP contribution in [0.5, 0.6) is 0 Å². The standard InChI is InChI=1S/C18H28N2O3S/c1-14(2)12-17(15-8-5-4-6-9-15)19-18(21)16-10-7-11-20(13-16)24(3,22)23/h4-6,8-9,14,16-17H,7,10-13H2,1-3H3,(H,19,21)/t16-,17+/m1/s1. The molecule has 0 aliphatic carbocycles. The smallest absolute Gasteiger partial charge is 0.224 e. The SMILES string of the molecule is CC(C)C[C@H](NC(=O)[C@@H]1CCCN(S(C)(=O)=O)C1)c1ccccc1. The van der Waals surface area contributed by atoms with Gasteiger partial charge in [-0.1, -0.05) is 44.2 Å². The summed E-state index contributed by atoms with van der Waals surface area (Å²) >= 11 is 0. The first-order valence-electron chi connectivity index (χ1n) is 8.58. The Hall–Kier alpha value is -1.40. The lowest BCUT2D eigenvalue weighted by atomic mass is 9.94. The highest BCUT2D eigenvalue weighted by Crippen LogP contribution is 2.24. The molecule has 2 rings (SSSR count). The van der Waals surface area contributed by atoms with Crippen LogP contribution in [0.1, 0.15) is 44.7 Å². The predicted octanol–water partition coefficient (Wildman–Crippen LogP) is 2.56. The zero-order valence-electron chi connectivity index (χ0n) is 14.7. The van der Waals surface area contributed by atoms with Gasteiger partial charge in [0.25, 0.3) is 0 Å². The summed E-state index contributed by atoms with van der Waals surface area (Å²) in [5.41, 5.74) is 1.09. The van der Waals surface area contributed by atoms with Gasteiger partial charge in [0.2, 0.25) is 15.9 Å². The van der Waals surface area contributed by atoms with Crippen molar-refractivity contribution in [2.75, 3.05) is 19.3 Å². The third kappa shape index (κ3) is 5.31. The molecule has 0 radical (unpaired) electrons. The molecule has 1 aliphatic rings. The van der Waals surface area contributed by atoms with Gasteiger partial charge in [-0.2, -0.15) is 0 Å². The van der Waals surface area contributed by atoms with Crippen LogP contribution in [0.3, 0.4) is 0 Å². The highest BCUT2D eigenvalue weighted by molar-refractivity contribution is 7.88. The minimum Gasteiger partial charge on any atom is -0.349 e. The molecule has 134 valence electrons. The van der Waals surface area contributed by atoms with Crippen LogP contribution >= 0.6 is 0 Å². The van der Waals surface area contributed by atoms with Gasteiger partial charge in [-0.3, -0.25) is 4.79 Å². The molecule has 0 saturated carbocycles. The number of rotatable bonds is 6. The highest BCUT2D eigenvalue weighted by Gasteiger charge is 2.31. The first-order chi connectivity index (χ1) is 11.3. The molecule has 0 spiro atoms. The molecule has 6 heteroatoms. The van der Waals surface area contributed by atoms with Gasteiger partial charge in [-0.05, 0) is 30.7 Å². The van der Waals surface area contributed by atoms with Gasteiger partial charge in [0.15, 0.2) is 0 Å². The first kappa shape index (κ1) is 18.9. The monoisotopic (exact) mass is 352 g/mol. The van der Waals surface area contributed by atoms with Crippen molar-refractivity contribution in [1.82, 2.24) is 9.62 Å². The Morgan fingerprint density at radius 1 is 1.29 bits per heavy atom. The molecular weight excluding hydrogens is 324 g/mol. The molecule has 1 aromatic rings. The Morgan fingerprint density at radius 3 is 2.54 bits per heavy atom. The van der Waals surface area contributed by atoms with Crippen LogP contribution < -0.4 is 5.32 Å². The predicted molar refractivity (Wildman–Crippen MR) is 95.9 cm³/mol. The van der Waals surface area contributed by atoms with E-state index < -0.39 is 10.0 Å². The first-order valence-corrected chi connectivity index (χ1v) is 10.4. The van der Waals surface area contributed by atoms with E-state index in [9.17, 15) is 13.2 Å². The molecule has 1 N–H and O–H groups in total. The second kappa shape index (κ2) is 8.12. The maximum Gasteiger partial charge on any atom is 0.224 e. The summed E-state index contributed by atoms with van der Waals surface area (Å²) in [5, 5.41) is 3.15. The van der Waals surface area contributed by atoms with Crippen molar-refractivity contribution in [2.45, 2.75) is 39.2 Å². The molecule has 1 fully saturated rings. The van der Waals surface area contributed by atoms with Crippen LogP contribution in [-0.2, 0) is 14.8 Å². The van der Waals surface area contributed by atoms with Crippen molar-refractivity contribution < 1.29 is 13.2 Å². The van der Waals surface area contributed by atoms with Crippen LogP contribution in [0.15, 0.2) is 30.3 Å². The van der Waals surface area contributed by atoms with Crippen molar-refractivity contribution in [1.29, 1.82) is 0 Å². The topological polar surface area (TPSA) is 66.5 Å². The number of benzene rings is 1. The second-order valence-corrected chi connectivity index (χ2v) is 9.04. The number of carbonyl (C=O) groups is 1. The molecule has 0 bridgehead atoms. The maximum atomic E-state index is 12.7. The fourth-order valence-corrected chi connectivity index (χ4v) is 4.09. The largest absolute Gasteiger partial charge is 0.349 e. The third-order valence-electron chi connectivity index (χ3n) is 4.45. The van der Waals surface area contributed by atoms with Crippen LogP contribution in [0.2, 0.25) is 0 Å². The Balaban J connectivity index is 2.07. The molecule has 1 heterocycles. The van der Waals surface area contributed by atoms with Crippen LogP contribution in [0, 0.1) is 11.8 Å². The number of nitrogens with zero attached hydrogens (tertiary/aromatic N) is 1. The lowest BCUT2D eigenvalue weighted by Crippen LogP contribution is -2.45. The van der Waals surface area contributed by atoms with Crippen LogP contribution in [0.25, 0.3) is 0 Å². The lowest BCUT2D eigenvalue weighted by molar-refractivity contribution is -0.127. The van der Waals surface area contributed by atoms with E-state index in [0.29, 0.717) is 12.5 Å². The summed E-state index contributed by atoms with van der Waals surface area (Å²) in [6.45, 7) is 5.06. The molecular formula is C18H28N2O3S. The van der Waals surface area contributed by atoms with Crippen molar-refractivity contribution in [2.24, 2.45) is 11.8 Å². The van der Waals surface area contributed by atoms with E-state index in [0.717, 1.165) is 24.8 Å². The molecule has 1 aromatic carbocycles. The summed E-state index contributed by atoms with van der Waals surface area (Å²) in [6.07, 6.45) is 3.53. The fraction of sp³-hybridized carbons (Fsp3) is 0.611. The van der Waals surface area contributed by atoms with Gasteiger partial charge in [0, 0.05) is 13.1 Å². The summed E-state index contributed by atoms with van der Waals surface area (Å²) in [6, 6.07) is 9.92. The van der Waals surface area contributed by atoms with Gasteiger partial charge < -0.3 is 5.32 Å². The van der Waals surface area contributed by atoms with Crippen molar-refractivity contribution in [3.63, 3.8) is 0 Å². The minimum absolute atomic E-state index is 0.0349. The Bertz CT molecular complexity index is 643. The van der Waals surface area contributed by atoms with Crippen LogP contribution in [-0.4, -0.2) is 38.0 Å². The number of hydrogen-bond acceptors (Lipinski definition) is 3. The Kier molecular flexibility index (Phi) is 6.40. The van der Waals surface area contributed by atoms with Crippen molar-refractivity contribution >= 4 is 15.9 Å². The third-order valence-corrected chi connectivity index (χ3v) is 5.72. The van der Waals surface area contributed by atoms with E-state index >= 15 is 0 Å². The van der Waals surface area contributed by atoms with E-state index in [1.807, 2.05) is 30.3 Å². The normalized spacial score (nSPS) is 20.8. The van der Waals surface area contributed by atoms with Gasteiger partial charge >= 0.3 is 0 Å². The Labute approximate surface area is 145 Å². The van der Waals surface area contributed by atoms with E-state index in [4.69, 9.17) is 0 Å². The van der Waals surface area contributed by atoms with Crippen molar-refractivity contribution in [3.05, 3.63) is 35.9 Å². The minimum atomic E-state index is -3.24. The zero-order chi connectivity index (χ0) is 17.7. The molecule has 5 nitrogen and oxygen atoms in total. The zero-order valence-corrected chi connectivity index (χ0v) is 15.6. The molecule has 1 aliphatic heterocycles. The van der Waals surface area contributed by atoms with Gasteiger partial charge in [0.1, 0.15) is 0 Å². The maximum absolute atomic E-state index is 12.7. The summed E-state index contributed by atoms with van der Waals surface area (Å²) in [7, 11) is -3.24. The molecule has 0 aromatic heterocycles. The summed E-state index contributed by atoms with van der Waals surface area (Å²) < 4.78 is 24.9. The number of nitrogens with one attached hydrogen (secondary N) is 1. The van der Waals surface area contributed by atoms with E-state index in [1.165, 1.54) is 10.6 Å². The summed E-state index contributed by atoms with van der Waals surface area (Å²) in [5.74, 6) is 0.138. The Morgan fingerprint density at radius 2 is 1.96 bits per heavy atom. The average molecular weight is 353 g/mol. The lowest BCUT2D eigenvalue weighted by Gasteiger charge is -2.31. The van der Waals surface area contributed by atoms with Crippen LogP contribution in [0.4, 0.5) is 0 Å². The van der Waals surface area contributed by atoms with Gasteiger partial charge in [-0.15, -0.1) is 0 Å². The number of piperidine rings is 1. The number of carbonyl (C=O) groups excluding carboxylic acids is 1. The van der Waals surface area contributed by atoms with Gasteiger partial charge in [0.05, 0.1) is 18.2 Å². The number of amides is 1. The fourth-order valence-electron chi connectivity index (χ4n) is 3.18. The second-order valence-electron chi connectivity index (χ2n) is 7.06. The van der Waals surface area contributed by atoms with Gasteiger partial charge in [-0.25, -0.2) is 12.7 Å². The molecule has 0 unspecified atom stereocenters. The average Bonchev–Trinajstić information content (AvgIpc) is 2.54. The van der Waals surface area contributed by atoms with E-state index in [-0.39, 0.29) is 24.4 Å². The molecule has 24 heavy (non-hydrogen) atoms.